The van der Waals surface area contributed by atoms with Crippen molar-refractivity contribution in [3.8, 4) is 34.0 Å². The lowest BCUT2D eigenvalue weighted by atomic mass is 10.0. The third-order valence-electron chi connectivity index (χ3n) is 12.0. The van der Waals surface area contributed by atoms with Crippen molar-refractivity contribution < 1.29 is 65.2 Å². The van der Waals surface area contributed by atoms with Gasteiger partial charge in [-0.05, 0) is 108 Å². The number of hydrogen-bond acceptors (Lipinski definition) is 10. The molecule has 23 heteroatoms. The number of aromatic nitrogens is 4. The van der Waals surface area contributed by atoms with E-state index in [1.165, 1.54) is 44.3 Å². The molecule has 0 saturated carbocycles. The number of aliphatic hydroxyl groups excluding tert-OH is 2. The Bertz CT molecular complexity index is 3020. The van der Waals surface area contributed by atoms with Gasteiger partial charge in [-0.3, -0.25) is 19.2 Å². The Kier molecular flexibility index (Phi) is 22.5. The predicted octanol–water partition coefficient (Wildman–Crippen LogP) is 11.0. The van der Waals surface area contributed by atoms with Crippen LogP contribution in [-0.2, 0) is 30.7 Å². The van der Waals surface area contributed by atoms with Crippen molar-refractivity contribution in [2.45, 2.75) is 130 Å². The van der Waals surface area contributed by atoms with Crippen LogP contribution in [0.25, 0.3) is 22.5 Å². The second-order valence-corrected chi connectivity index (χ2v) is 19.7. The van der Waals surface area contributed by atoms with Crippen LogP contribution in [0.5, 0.6) is 11.5 Å². The van der Waals surface area contributed by atoms with Crippen LogP contribution in [-0.4, -0.2) is 103 Å². The molecule has 79 heavy (non-hydrogen) atoms. The number of carbonyl (C=O) groups is 4. The fraction of sp³-hybridized carbons (Fsp3) is 0.393. The number of benzene rings is 4. The summed E-state index contributed by atoms with van der Waals surface area (Å²) in [5.41, 5.74) is 4.67. The molecule has 4 aromatic carbocycles. The molecule has 15 nitrogen and oxygen atoms in total. The molecule has 426 valence electrons. The summed E-state index contributed by atoms with van der Waals surface area (Å²) in [7, 11) is 0. The van der Waals surface area contributed by atoms with Crippen LogP contribution in [0.1, 0.15) is 116 Å². The van der Waals surface area contributed by atoms with Crippen LogP contribution in [0, 0.1) is 0 Å². The molecule has 2 unspecified atom stereocenters. The topological polar surface area (TPSA) is 199 Å². The summed E-state index contributed by atoms with van der Waals surface area (Å²) in [5, 5.41) is 27.9. The Morgan fingerprint density at radius 3 is 1.49 bits per heavy atom. The molecule has 0 spiro atoms. The van der Waals surface area contributed by atoms with E-state index in [0.29, 0.717) is 47.7 Å². The highest BCUT2D eigenvalue weighted by Gasteiger charge is 2.38. The Morgan fingerprint density at radius 1 is 0.646 bits per heavy atom. The van der Waals surface area contributed by atoms with E-state index in [4.69, 9.17) is 37.7 Å². The maximum absolute atomic E-state index is 12.9. The standard InChI is InChI=1S/C29H34ClF3N4O4.C27H29ClF3N3O4/c1-5-37-16-25(36-27(37)17(2)34-19(4)39)21-8-6-20(7-9-21)14-23(12-13-38)35-28(40)22-10-11-26(24(30)15-22)41-18(3)29(31,32)33;1-16(2)38-24-9-8-20(13-22(24)28)26(37)32-21(10-11-35)12-18-4-6-19(7-5-18)23-14-34(15-27(29,30)31)25(33-23)17(3)36/h6-11,15-18,23,38H,5,12-14H2,1-4H3,(H,34,39)(H,35,40);4-9,13-14,16,21,35H,10-12,15H2,1-3H3,(H,32,37)/t17?,18?,23-;21-/m11/s1. The molecule has 0 bridgehead atoms. The fourth-order valence-corrected chi connectivity index (χ4v) is 8.62. The second-order valence-electron chi connectivity index (χ2n) is 18.9. The first-order valence-corrected chi connectivity index (χ1v) is 25.9. The molecule has 5 N–H and O–H groups in total. The van der Waals surface area contributed by atoms with Crippen LogP contribution >= 0.6 is 23.2 Å². The van der Waals surface area contributed by atoms with Gasteiger partial charge in [0.1, 0.15) is 23.9 Å². The van der Waals surface area contributed by atoms with E-state index in [9.17, 15) is 55.7 Å². The molecule has 2 heterocycles. The Morgan fingerprint density at radius 2 is 1.10 bits per heavy atom. The molecule has 2 aromatic heterocycles. The van der Waals surface area contributed by atoms with Crippen molar-refractivity contribution in [3.05, 3.63) is 141 Å². The highest BCUT2D eigenvalue weighted by molar-refractivity contribution is 6.32. The fourth-order valence-electron chi connectivity index (χ4n) is 8.17. The van der Waals surface area contributed by atoms with Crippen LogP contribution < -0.4 is 25.4 Å². The zero-order chi connectivity index (χ0) is 58.4. The lowest BCUT2D eigenvalue weighted by Crippen LogP contribution is -2.37. The number of alkyl halides is 6. The number of hydrogen-bond donors (Lipinski definition) is 5. The van der Waals surface area contributed by atoms with E-state index < -0.39 is 42.7 Å². The first kappa shape index (κ1) is 62.9. The van der Waals surface area contributed by atoms with Gasteiger partial charge in [0.25, 0.3) is 11.8 Å². The normalized spacial score (nSPS) is 13.1. The van der Waals surface area contributed by atoms with E-state index in [1.54, 1.807) is 36.4 Å². The van der Waals surface area contributed by atoms with Gasteiger partial charge in [-0.1, -0.05) is 71.7 Å². The number of Topliss-reactive ketones (excluding diaryl/α,β-unsaturated/α-hetero) is 1. The average Bonchev–Trinajstić information content (AvgIpc) is 4.01. The summed E-state index contributed by atoms with van der Waals surface area (Å²) < 4.78 is 90.4. The minimum Gasteiger partial charge on any atom is -0.489 e. The van der Waals surface area contributed by atoms with Crippen molar-refractivity contribution in [2.24, 2.45) is 0 Å². The van der Waals surface area contributed by atoms with Crippen LogP contribution in [0.15, 0.2) is 97.3 Å². The molecule has 0 radical (unpaired) electrons. The van der Waals surface area contributed by atoms with E-state index in [2.05, 4.69) is 20.9 Å². The molecule has 0 aliphatic carbocycles. The first-order valence-electron chi connectivity index (χ1n) is 25.2. The maximum Gasteiger partial charge on any atom is 0.425 e. The van der Waals surface area contributed by atoms with Crippen LogP contribution in [0.3, 0.4) is 0 Å². The van der Waals surface area contributed by atoms with Crippen LogP contribution in [0.4, 0.5) is 26.3 Å². The summed E-state index contributed by atoms with van der Waals surface area (Å²) in [6.45, 7) is 10.2. The van der Waals surface area contributed by atoms with Crippen LogP contribution in [0.2, 0.25) is 10.0 Å². The number of ketones is 1. The number of halogens is 8. The lowest BCUT2D eigenvalue weighted by Gasteiger charge is -2.20. The quantitative estimate of drug-likeness (QED) is 0.0304. The third kappa shape index (κ3) is 18.9. The van der Waals surface area contributed by atoms with Gasteiger partial charge in [-0.25, -0.2) is 9.97 Å². The molecule has 6 aromatic rings. The van der Waals surface area contributed by atoms with Crippen molar-refractivity contribution in [2.75, 3.05) is 13.2 Å². The van der Waals surface area contributed by atoms with Gasteiger partial charge in [0.2, 0.25) is 5.91 Å². The molecular weight excluding hydrogens is 1080 g/mol. The summed E-state index contributed by atoms with van der Waals surface area (Å²) in [6.07, 6.45) is -6.62. The Hall–Kier alpha value is -6.94. The zero-order valence-corrected chi connectivity index (χ0v) is 45.9. The number of aliphatic hydroxyl groups is 2. The molecule has 3 amide bonds. The highest BCUT2D eigenvalue weighted by Crippen LogP contribution is 2.32. The van der Waals surface area contributed by atoms with E-state index in [0.717, 1.165) is 39.7 Å². The highest BCUT2D eigenvalue weighted by atomic mass is 35.5. The molecular formula is C56H63Cl2F6N7O8. The summed E-state index contributed by atoms with van der Waals surface area (Å²) in [6, 6.07) is 22.1. The molecule has 6 rings (SSSR count). The van der Waals surface area contributed by atoms with Crippen molar-refractivity contribution in [1.82, 2.24) is 35.1 Å². The predicted molar refractivity (Wildman–Crippen MR) is 287 cm³/mol. The largest absolute Gasteiger partial charge is 0.489 e. The number of ether oxygens (including phenoxy) is 2. The molecule has 0 aliphatic heterocycles. The van der Waals surface area contributed by atoms with Gasteiger partial charge in [0.05, 0.1) is 33.6 Å². The van der Waals surface area contributed by atoms with Crippen molar-refractivity contribution in [3.63, 3.8) is 0 Å². The zero-order valence-electron chi connectivity index (χ0n) is 44.4. The van der Waals surface area contributed by atoms with Gasteiger partial charge in [0.15, 0.2) is 17.7 Å². The first-order chi connectivity index (χ1) is 37.2. The van der Waals surface area contributed by atoms with Gasteiger partial charge in [-0.15, -0.1) is 0 Å². The number of nitrogens with one attached hydrogen (secondary N) is 3. The summed E-state index contributed by atoms with van der Waals surface area (Å²) >= 11 is 12.3. The molecule has 0 aliphatic rings. The minimum atomic E-state index is -4.55. The van der Waals surface area contributed by atoms with Crippen molar-refractivity contribution in [1.29, 1.82) is 0 Å². The number of aryl methyl sites for hydroxylation is 1. The van der Waals surface area contributed by atoms with Crippen molar-refractivity contribution >= 4 is 46.7 Å². The lowest BCUT2D eigenvalue weighted by molar-refractivity contribution is -0.189. The Labute approximate surface area is 463 Å². The summed E-state index contributed by atoms with van der Waals surface area (Å²) in [5.74, 6) is -0.762. The molecule has 0 saturated heterocycles. The van der Waals surface area contributed by atoms with E-state index >= 15 is 0 Å². The number of nitrogens with zero attached hydrogens (tertiary/aromatic N) is 4. The second kappa shape index (κ2) is 28.3. The third-order valence-corrected chi connectivity index (χ3v) is 12.6. The van der Waals surface area contributed by atoms with Gasteiger partial charge >= 0.3 is 12.4 Å². The number of amides is 3. The van der Waals surface area contributed by atoms with Gasteiger partial charge < -0.3 is 44.8 Å². The average molecular weight is 1150 g/mol. The van der Waals surface area contributed by atoms with E-state index in [-0.39, 0.29) is 77.5 Å². The number of rotatable bonds is 23. The number of imidazole rings is 2. The monoisotopic (exact) mass is 1150 g/mol. The molecule has 4 atom stereocenters. The van der Waals surface area contributed by atoms with E-state index in [1.807, 2.05) is 62.7 Å². The smallest absolute Gasteiger partial charge is 0.425 e. The molecule has 0 fully saturated rings. The van der Waals surface area contributed by atoms with Gasteiger partial charge in [0, 0.05) is 80.3 Å². The Balaban J connectivity index is 0.000000291. The SMILES string of the molecule is CC(=O)c1nc(-c2ccc(C[C@@H](CCO)NC(=O)c3ccc(OC(C)C)c(Cl)c3)cc2)cn1CC(F)(F)F.CCn1cc(-c2ccc(C[C@@H](CCO)NC(=O)c3ccc(OC(C)C(F)(F)F)c(Cl)c3)cc2)nc1C(C)NC(C)=O. The van der Waals surface area contributed by atoms with Gasteiger partial charge in [-0.2, -0.15) is 26.3 Å². The number of carbonyl (C=O) groups excluding carboxylic acids is 4. The maximum atomic E-state index is 12.9. The minimum absolute atomic E-state index is 0.0701. The summed E-state index contributed by atoms with van der Waals surface area (Å²) in [4.78, 5) is 57.8.